The van der Waals surface area contributed by atoms with E-state index in [1.54, 1.807) is 24.3 Å². The average molecular weight is 373 g/mol. The van der Waals surface area contributed by atoms with E-state index in [0.29, 0.717) is 6.54 Å². The van der Waals surface area contributed by atoms with Crippen molar-refractivity contribution in [1.82, 2.24) is 5.32 Å². The Kier molecular flexibility index (Phi) is 6.06. The van der Waals surface area contributed by atoms with E-state index in [-0.39, 0.29) is 29.1 Å². The van der Waals surface area contributed by atoms with Crippen molar-refractivity contribution in [2.45, 2.75) is 30.3 Å². The highest BCUT2D eigenvalue weighted by Crippen LogP contribution is 2.21. The lowest BCUT2D eigenvalue weighted by atomic mass is 10.1. The van der Waals surface area contributed by atoms with Crippen LogP contribution in [-0.2, 0) is 19.4 Å². The molecule has 138 valence electrons. The summed E-state index contributed by atoms with van der Waals surface area (Å²) in [6.07, 6.45) is 1.96. The van der Waals surface area contributed by atoms with Gasteiger partial charge in [-0.15, -0.1) is 0 Å². The van der Waals surface area contributed by atoms with Gasteiger partial charge in [-0.3, -0.25) is 4.79 Å². The fourth-order valence-corrected chi connectivity index (χ4v) is 4.19. The molecule has 26 heavy (non-hydrogen) atoms. The largest absolute Gasteiger partial charge is 0.376 e. The fraction of sp³-hybridized carbons (Fsp3) is 0.350. The number of benzene rings is 2. The molecule has 2 aromatic carbocycles. The van der Waals surface area contributed by atoms with Crippen LogP contribution in [0.5, 0.6) is 0 Å². The Morgan fingerprint density at radius 1 is 1.04 bits per heavy atom. The topological polar surface area (TPSA) is 72.5 Å². The van der Waals surface area contributed by atoms with Crippen molar-refractivity contribution < 1.29 is 17.9 Å². The molecule has 1 amide bonds. The Morgan fingerprint density at radius 3 is 2.38 bits per heavy atom. The molecule has 0 aromatic heterocycles. The third kappa shape index (κ3) is 4.93. The number of hydrogen-bond donors (Lipinski definition) is 1. The lowest BCUT2D eigenvalue weighted by molar-refractivity contribution is -0.121. The monoisotopic (exact) mass is 373 g/mol. The fourth-order valence-electron chi connectivity index (χ4n) is 2.95. The summed E-state index contributed by atoms with van der Waals surface area (Å²) in [6.45, 7) is 1.18. The first-order valence-corrected chi connectivity index (χ1v) is 10.5. The summed E-state index contributed by atoms with van der Waals surface area (Å²) < 4.78 is 30.3. The predicted molar refractivity (Wildman–Crippen MR) is 101 cm³/mol. The van der Waals surface area contributed by atoms with Crippen LogP contribution in [-0.4, -0.2) is 39.3 Å². The molecular formula is C20H23NO4S. The van der Waals surface area contributed by atoms with Crippen LogP contribution >= 0.6 is 0 Å². The molecule has 6 heteroatoms. The Labute approximate surface area is 154 Å². The molecule has 0 radical (unpaired) electrons. The summed E-state index contributed by atoms with van der Waals surface area (Å²) in [5.41, 5.74) is 1.99. The molecule has 1 saturated heterocycles. The van der Waals surface area contributed by atoms with Crippen LogP contribution < -0.4 is 5.32 Å². The molecule has 0 aliphatic carbocycles. The summed E-state index contributed by atoms with van der Waals surface area (Å²) in [7, 11) is -3.48. The van der Waals surface area contributed by atoms with E-state index in [2.05, 4.69) is 5.32 Å². The molecule has 0 saturated carbocycles. The van der Waals surface area contributed by atoms with E-state index in [4.69, 9.17) is 4.74 Å². The summed E-state index contributed by atoms with van der Waals surface area (Å²) in [5.74, 6) is -0.459. The van der Waals surface area contributed by atoms with E-state index in [1.165, 1.54) is 0 Å². The van der Waals surface area contributed by atoms with Crippen molar-refractivity contribution in [2.24, 2.45) is 0 Å². The van der Waals surface area contributed by atoms with E-state index in [1.807, 2.05) is 30.3 Å². The third-order valence-corrected chi connectivity index (χ3v) is 6.20. The zero-order valence-electron chi connectivity index (χ0n) is 14.6. The molecule has 3 rings (SSSR count). The van der Waals surface area contributed by atoms with Crippen molar-refractivity contribution in [1.29, 1.82) is 0 Å². The van der Waals surface area contributed by atoms with Gasteiger partial charge in [0, 0.05) is 19.6 Å². The van der Waals surface area contributed by atoms with E-state index in [9.17, 15) is 13.2 Å². The van der Waals surface area contributed by atoms with Crippen molar-refractivity contribution in [3.05, 3.63) is 54.6 Å². The zero-order chi connectivity index (χ0) is 18.4. The van der Waals surface area contributed by atoms with E-state index in [0.717, 1.165) is 30.6 Å². The summed E-state index contributed by atoms with van der Waals surface area (Å²) in [5, 5.41) is 2.75. The molecule has 0 spiro atoms. The molecule has 1 atom stereocenters. The molecule has 1 unspecified atom stereocenters. The van der Waals surface area contributed by atoms with Crippen molar-refractivity contribution in [2.75, 3.05) is 18.9 Å². The van der Waals surface area contributed by atoms with Gasteiger partial charge in [-0.05, 0) is 36.1 Å². The standard InChI is InChI=1S/C20H23NO4S/c22-20(21-15-18-7-4-13-25-18)12-14-26(23,24)19-10-8-17(9-11-19)16-5-2-1-3-6-16/h1-3,5-6,8-11,18H,4,7,12-15H2,(H,21,22). The van der Waals surface area contributed by atoms with E-state index < -0.39 is 9.84 Å². The first kappa shape index (κ1) is 18.6. The van der Waals surface area contributed by atoms with Crippen LogP contribution in [0, 0.1) is 0 Å². The van der Waals surface area contributed by atoms with Crippen LogP contribution in [0.4, 0.5) is 0 Å². The summed E-state index contributed by atoms with van der Waals surface area (Å²) in [4.78, 5) is 12.1. The number of sulfone groups is 1. The van der Waals surface area contributed by atoms with Gasteiger partial charge in [-0.2, -0.15) is 0 Å². The van der Waals surface area contributed by atoms with Gasteiger partial charge in [0.05, 0.1) is 16.8 Å². The second-order valence-corrected chi connectivity index (χ2v) is 8.51. The van der Waals surface area contributed by atoms with Gasteiger partial charge in [0.1, 0.15) is 0 Å². The lowest BCUT2D eigenvalue weighted by Gasteiger charge is -2.11. The second kappa shape index (κ2) is 8.47. The number of amides is 1. The Morgan fingerprint density at radius 2 is 1.73 bits per heavy atom. The molecule has 1 N–H and O–H groups in total. The minimum absolute atomic E-state index is 0.0461. The van der Waals surface area contributed by atoms with Crippen LogP contribution in [0.1, 0.15) is 19.3 Å². The van der Waals surface area contributed by atoms with E-state index >= 15 is 0 Å². The third-order valence-electron chi connectivity index (χ3n) is 4.47. The SMILES string of the molecule is O=C(CCS(=O)(=O)c1ccc(-c2ccccc2)cc1)NCC1CCCO1. The van der Waals surface area contributed by atoms with Crippen LogP contribution in [0.15, 0.2) is 59.5 Å². The van der Waals surface area contributed by atoms with Crippen molar-refractivity contribution >= 4 is 15.7 Å². The van der Waals surface area contributed by atoms with Gasteiger partial charge in [0.2, 0.25) is 5.91 Å². The zero-order valence-corrected chi connectivity index (χ0v) is 15.4. The number of ether oxygens (including phenoxy) is 1. The smallest absolute Gasteiger partial charge is 0.221 e. The number of rotatable bonds is 7. The lowest BCUT2D eigenvalue weighted by Crippen LogP contribution is -2.32. The summed E-state index contributed by atoms with van der Waals surface area (Å²) >= 11 is 0. The van der Waals surface area contributed by atoms with Gasteiger partial charge in [0.15, 0.2) is 9.84 Å². The second-order valence-electron chi connectivity index (χ2n) is 6.40. The quantitative estimate of drug-likeness (QED) is 0.810. The van der Waals surface area contributed by atoms with Gasteiger partial charge < -0.3 is 10.1 Å². The molecule has 1 heterocycles. The normalized spacial score (nSPS) is 17.2. The maximum Gasteiger partial charge on any atom is 0.221 e. The maximum absolute atomic E-state index is 12.4. The van der Waals surface area contributed by atoms with Crippen molar-refractivity contribution in [3.8, 4) is 11.1 Å². The Hall–Kier alpha value is -2.18. The highest BCUT2D eigenvalue weighted by Gasteiger charge is 2.19. The number of nitrogens with one attached hydrogen (secondary N) is 1. The molecule has 1 fully saturated rings. The summed E-state index contributed by atoms with van der Waals surface area (Å²) in [6, 6.07) is 16.5. The molecule has 5 nitrogen and oxygen atoms in total. The van der Waals surface area contributed by atoms with Gasteiger partial charge in [-0.25, -0.2) is 8.42 Å². The molecule has 1 aliphatic heterocycles. The number of carbonyl (C=O) groups excluding carboxylic acids is 1. The molecule has 2 aromatic rings. The highest BCUT2D eigenvalue weighted by atomic mass is 32.2. The Balaban J connectivity index is 1.55. The molecular weight excluding hydrogens is 350 g/mol. The highest BCUT2D eigenvalue weighted by molar-refractivity contribution is 7.91. The maximum atomic E-state index is 12.4. The van der Waals surface area contributed by atoms with Gasteiger partial charge in [0.25, 0.3) is 0 Å². The Bertz CT molecular complexity index is 826. The predicted octanol–water partition coefficient (Wildman–Crippen LogP) is 2.81. The molecule has 1 aliphatic rings. The first-order valence-electron chi connectivity index (χ1n) is 8.81. The van der Waals surface area contributed by atoms with Crippen molar-refractivity contribution in [3.63, 3.8) is 0 Å². The number of hydrogen-bond acceptors (Lipinski definition) is 4. The minimum atomic E-state index is -3.48. The van der Waals surface area contributed by atoms with Gasteiger partial charge in [-0.1, -0.05) is 42.5 Å². The average Bonchev–Trinajstić information content (AvgIpc) is 3.19. The molecule has 0 bridgehead atoms. The van der Waals surface area contributed by atoms with Crippen LogP contribution in [0.25, 0.3) is 11.1 Å². The van der Waals surface area contributed by atoms with Crippen LogP contribution in [0.2, 0.25) is 0 Å². The van der Waals surface area contributed by atoms with Crippen LogP contribution in [0.3, 0.4) is 0 Å². The minimum Gasteiger partial charge on any atom is -0.376 e. The number of carbonyl (C=O) groups is 1. The van der Waals surface area contributed by atoms with Gasteiger partial charge >= 0.3 is 0 Å². The first-order chi connectivity index (χ1) is 12.5.